The van der Waals surface area contributed by atoms with Gasteiger partial charge in [-0.25, -0.2) is 0 Å². The molecule has 2 heterocycles. The Morgan fingerprint density at radius 1 is 1.33 bits per heavy atom. The Morgan fingerprint density at radius 2 is 2.07 bits per heavy atom. The summed E-state index contributed by atoms with van der Waals surface area (Å²) >= 11 is 0. The maximum Gasteiger partial charge on any atom is 0.226 e. The molecule has 4 atom stereocenters. The van der Waals surface area contributed by atoms with Gasteiger partial charge in [0.1, 0.15) is 0 Å². The van der Waals surface area contributed by atoms with E-state index in [1.54, 1.807) is 0 Å². The van der Waals surface area contributed by atoms with Crippen molar-refractivity contribution in [3.05, 3.63) is 0 Å². The lowest BCUT2D eigenvalue weighted by atomic mass is 9.88. The van der Waals surface area contributed by atoms with E-state index in [9.17, 15) is 4.79 Å². The van der Waals surface area contributed by atoms with Gasteiger partial charge < -0.3 is 10.2 Å². The molecule has 2 unspecified atom stereocenters. The Morgan fingerprint density at radius 3 is 2.67 bits per heavy atom. The molecule has 1 N–H and O–H groups in total. The molecule has 15 heavy (non-hydrogen) atoms. The first-order valence-electron chi connectivity index (χ1n) is 6.34. The van der Waals surface area contributed by atoms with Gasteiger partial charge in [0.25, 0.3) is 0 Å². The van der Waals surface area contributed by atoms with Crippen LogP contribution >= 0.6 is 0 Å². The molecular formula is C12H20N2O. The average molecular weight is 208 g/mol. The second-order valence-corrected chi connectivity index (χ2v) is 5.34. The van der Waals surface area contributed by atoms with Crippen LogP contribution in [0.25, 0.3) is 0 Å². The lowest BCUT2D eigenvalue weighted by Crippen LogP contribution is -2.69. The molecule has 1 amide bonds. The third-order valence-corrected chi connectivity index (χ3v) is 4.24. The van der Waals surface area contributed by atoms with Crippen LogP contribution in [-0.2, 0) is 4.79 Å². The van der Waals surface area contributed by atoms with Crippen LogP contribution in [0.15, 0.2) is 0 Å². The molecule has 0 spiro atoms. The summed E-state index contributed by atoms with van der Waals surface area (Å²) in [6.45, 7) is 4.25. The molecule has 3 fully saturated rings. The number of carbonyl (C=O) groups is 1. The topological polar surface area (TPSA) is 32.3 Å². The number of fused-ring (bicyclic) bond motifs is 2. The second kappa shape index (κ2) is 3.48. The van der Waals surface area contributed by atoms with Crippen LogP contribution in [0, 0.1) is 11.8 Å². The van der Waals surface area contributed by atoms with E-state index in [0.29, 0.717) is 23.9 Å². The Bertz CT molecular complexity index is 265. The lowest BCUT2D eigenvalue weighted by Gasteiger charge is -2.53. The van der Waals surface area contributed by atoms with Crippen LogP contribution in [0.4, 0.5) is 0 Å². The Hall–Kier alpha value is -0.570. The highest BCUT2D eigenvalue weighted by molar-refractivity contribution is 5.83. The molecule has 3 heteroatoms. The van der Waals surface area contributed by atoms with Crippen molar-refractivity contribution in [2.24, 2.45) is 11.8 Å². The summed E-state index contributed by atoms with van der Waals surface area (Å²) in [5.74, 6) is 1.58. The van der Waals surface area contributed by atoms with Gasteiger partial charge in [0, 0.05) is 31.1 Å². The molecule has 0 aromatic rings. The number of rotatable bonds is 3. The number of nitrogens with one attached hydrogen (secondary N) is 1. The van der Waals surface area contributed by atoms with Gasteiger partial charge in [-0.05, 0) is 25.2 Å². The van der Waals surface area contributed by atoms with Crippen molar-refractivity contribution in [1.29, 1.82) is 0 Å². The first-order valence-corrected chi connectivity index (χ1v) is 6.34. The van der Waals surface area contributed by atoms with E-state index in [0.717, 1.165) is 25.4 Å². The number of hydrogen-bond acceptors (Lipinski definition) is 2. The number of hydrogen-bond donors (Lipinski definition) is 1. The van der Waals surface area contributed by atoms with Crippen LogP contribution in [0.1, 0.15) is 32.6 Å². The normalized spacial score (nSPS) is 42.3. The first-order chi connectivity index (χ1) is 7.31. The maximum absolute atomic E-state index is 12.2. The minimum Gasteiger partial charge on any atom is -0.334 e. The predicted molar refractivity (Wildman–Crippen MR) is 58.4 cm³/mol. The minimum atomic E-state index is 0.397. The van der Waals surface area contributed by atoms with Gasteiger partial charge in [0.2, 0.25) is 5.91 Å². The van der Waals surface area contributed by atoms with Crippen LogP contribution < -0.4 is 5.32 Å². The number of carbonyl (C=O) groups excluding carboxylic acids is 1. The fraction of sp³-hybridized carbons (Fsp3) is 0.917. The monoisotopic (exact) mass is 208 g/mol. The zero-order chi connectivity index (χ0) is 10.4. The van der Waals surface area contributed by atoms with E-state index in [4.69, 9.17) is 0 Å². The highest BCUT2D eigenvalue weighted by Gasteiger charge is 2.51. The van der Waals surface area contributed by atoms with Crippen molar-refractivity contribution in [2.75, 3.05) is 13.1 Å². The molecule has 0 radical (unpaired) electrons. The number of piperidine rings is 1. The highest BCUT2D eigenvalue weighted by Crippen LogP contribution is 2.45. The van der Waals surface area contributed by atoms with E-state index in [2.05, 4.69) is 17.1 Å². The van der Waals surface area contributed by atoms with Crippen LogP contribution in [0.5, 0.6) is 0 Å². The molecule has 0 aromatic heterocycles. The molecule has 0 aromatic carbocycles. The molecule has 3 nitrogen and oxygen atoms in total. The summed E-state index contributed by atoms with van der Waals surface area (Å²) in [6, 6.07) is 1.05. The summed E-state index contributed by atoms with van der Waals surface area (Å²) < 4.78 is 0. The smallest absolute Gasteiger partial charge is 0.226 e. The summed E-state index contributed by atoms with van der Waals surface area (Å²) in [4.78, 5) is 14.4. The molecule has 3 aliphatic rings. The number of piperazine rings is 1. The van der Waals surface area contributed by atoms with Gasteiger partial charge in [0.15, 0.2) is 0 Å². The molecule has 3 rings (SSSR count). The van der Waals surface area contributed by atoms with Gasteiger partial charge in [-0.2, -0.15) is 0 Å². The third-order valence-electron chi connectivity index (χ3n) is 4.24. The van der Waals surface area contributed by atoms with Crippen molar-refractivity contribution in [2.45, 2.75) is 44.7 Å². The zero-order valence-electron chi connectivity index (χ0n) is 9.41. The van der Waals surface area contributed by atoms with E-state index in [1.807, 2.05) is 0 Å². The Balaban J connectivity index is 1.58. The fourth-order valence-electron chi connectivity index (χ4n) is 3.27. The molecule has 1 aliphatic carbocycles. The summed E-state index contributed by atoms with van der Waals surface area (Å²) in [5, 5.41) is 3.37. The van der Waals surface area contributed by atoms with E-state index in [-0.39, 0.29) is 0 Å². The number of nitrogens with zero attached hydrogens (tertiary/aromatic N) is 1. The molecular weight excluding hydrogens is 188 g/mol. The summed E-state index contributed by atoms with van der Waals surface area (Å²) in [5.41, 5.74) is 0. The first kappa shape index (κ1) is 9.64. The van der Waals surface area contributed by atoms with E-state index >= 15 is 0 Å². The number of amides is 1. The van der Waals surface area contributed by atoms with Gasteiger partial charge in [-0.15, -0.1) is 0 Å². The van der Waals surface area contributed by atoms with Crippen molar-refractivity contribution in [1.82, 2.24) is 10.2 Å². The quantitative estimate of drug-likeness (QED) is 0.750. The largest absolute Gasteiger partial charge is 0.334 e. The molecule has 2 bridgehead atoms. The Kier molecular flexibility index (Phi) is 2.23. The van der Waals surface area contributed by atoms with Crippen molar-refractivity contribution in [3.8, 4) is 0 Å². The lowest BCUT2D eigenvalue weighted by molar-refractivity contribution is -0.149. The highest BCUT2D eigenvalue weighted by atomic mass is 16.2. The third kappa shape index (κ3) is 1.48. The predicted octanol–water partition coefficient (Wildman–Crippen LogP) is 0.995. The van der Waals surface area contributed by atoms with Crippen LogP contribution in [-0.4, -0.2) is 36.0 Å². The van der Waals surface area contributed by atoms with Gasteiger partial charge in [-0.3, -0.25) is 4.79 Å². The minimum absolute atomic E-state index is 0.397. The molecule has 84 valence electrons. The van der Waals surface area contributed by atoms with Crippen molar-refractivity contribution >= 4 is 5.91 Å². The second-order valence-electron chi connectivity index (χ2n) is 5.34. The molecule has 2 saturated heterocycles. The molecule has 1 saturated carbocycles. The van der Waals surface area contributed by atoms with Crippen LogP contribution in [0.2, 0.25) is 0 Å². The zero-order valence-corrected chi connectivity index (χ0v) is 9.41. The summed E-state index contributed by atoms with van der Waals surface area (Å²) in [6.07, 6.45) is 4.88. The molecule has 2 aliphatic heterocycles. The van der Waals surface area contributed by atoms with E-state index < -0.39 is 0 Å². The van der Waals surface area contributed by atoms with Crippen LogP contribution in [0.3, 0.4) is 0 Å². The van der Waals surface area contributed by atoms with Crippen molar-refractivity contribution in [3.63, 3.8) is 0 Å². The standard InChI is InChI=1S/C12H20N2O/c1-2-3-8-4-11(8)12(15)14-9-5-10(14)7-13-6-9/h8-11,13H,2-7H2,1H3/t8-,9?,10?,11+/m0/s1. The summed E-state index contributed by atoms with van der Waals surface area (Å²) in [7, 11) is 0. The maximum atomic E-state index is 12.2. The SMILES string of the molecule is CCC[C@H]1C[C@H]1C(=O)N1C2CNCC1C2. The fourth-order valence-corrected chi connectivity index (χ4v) is 3.27. The van der Waals surface area contributed by atoms with Gasteiger partial charge in [0.05, 0.1) is 0 Å². The van der Waals surface area contributed by atoms with Gasteiger partial charge in [-0.1, -0.05) is 13.3 Å². The van der Waals surface area contributed by atoms with E-state index in [1.165, 1.54) is 19.3 Å². The average Bonchev–Trinajstić information content (AvgIpc) is 2.99. The van der Waals surface area contributed by atoms with Gasteiger partial charge >= 0.3 is 0 Å². The Labute approximate surface area is 91.2 Å². The van der Waals surface area contributed by atoms with Crippen molar-refractivity contribution < 1.29 is 4.79 Å².